The van der Waals surface area contributed by atoms with Gasteiger partial charge in [-0.2, -0.15) is 0 Å². The Morgan fingerprint density at radius 2 is 2.05 bits per heavy atom. The summed E-state index contributed by atoms with van der Waals surface area (Å²) < 4.78 is 0. The highest BCUT2D eigenvalue weighted by Crippen LogP contribution is 2.61. The number of rotatable bonds is 1. The first-order valence-corrected chi connectivity index (χ1v) is 8.45. The fraction of sp³-hybridized carbons (Fsp3) is 0.778. The third kappa shape index (κ3) is 1.76. The average molecular weight is 271 g/mol. The van der Waals surface area contributed by atoms with E-state index in [0.717, 1.165) is 17.8 Å². The Balaban J connectivity index is 1.60. The number of hydrogen-bond acceptors (Lipinski definition) is 2. The maximum atomic E-state index is 10.7. The molecule has 6 atom stereocenters. The maximum absolute atomic E-state index is 10.7. The van der Waals surface area contributed by atoms with E-state index < -0.39 is 0 Å². The van der Waals surface area contributed by atoms with Crippen LogP contribution in [0.1, 0.15) is 51.9 Å². The largest absolute Gasteiger partial charge is 0.145 e. The van der Waals surface area contributed by atoms with Crippen molar-refractivity contribution in [2.75, 3.05) is 0 Å². The van der Waals surface area contributed by atoms with Gasteiger partial charge in [0.25, 0.3) is 0 Å². The summed E-state index contributed by atoms with van der Waals surface area (Å²) in [7, 11) is 0. The van der Waals surface area contributed by atoms with Crippen LogP contribution in [0.25, 0.3) is 0 Å². The lowest BCUT2D eigenvalue weighted by molar-refractivity contribution is -0.0157. The monoisotopic (exact) mass is 271 g/mol. The lowest BCUT2D eigenvalue weighted by Gasteiger charge is -2.53. The van der Waals surface area contributed by atoms with E-state index in [1.54, 1.807) is 0 Å². The molecule has 20 heavy (non-hydrogen) atoms. The fourth-order valence-corrected chi connectivity index (χ4v) is 6.12. The Bertz CT molecular complexity index is 480. The Morgan fingerprint density at radius 1 is 1.15 bits per heavy atom. The minimum absolute atomic E-state index is 0.583. The quantitative estimate of drug-likeness (QED) is 0.612. The van der Waals surface area contributed by atoms with E-state index in [0.29, 0.717) is 22.9 Å². The van der Waals surface area contributed by atoms with Gasteiger partial charge in [0.15, 0.2) is 0 Å². The molecule has 3 fully saturated rings. The van der Waals surface area contributed by atoms with Crippen molar-refractivity contribution in [3.05, 3.63) is 28.8 Å². The topological polar surface area (TPSA) is 29.4 Å². The van der Waals surface area contributed by atoms with Crippen molar-refractivity contribution in [2.24, 2.45) is 40.2 Å². The summed E-state index contributed by atoms with van der Waals surface area (Å²) in [6.07, 6.45) is 16.3. The highest BCUT2D eigenvalue weighted by Gasteiger charge is 2.52. The van der Waals surface area contributed by atoms with E-state index >= 15 is 0 Å². The molecule has 0 aliphatic heterocycles. The molecular formula is C18H25NO. The fourth-order valence-electron chi connectivity index (χ4n) is 6.12. The van der Waals surface area contributed by atoms with Crippen molar-refractivity contribution >= 4 is 0 Å². The van der Waals surface area contributed by atoms with Gasteiger partial charge in [-0.15, -0.1) is 4.91 Å². The molecule has 2 nitrogen and oxygen atoms in total. The zero-order valence-electron chi connectivity index (χ0n) is 12.4. The predicted octanol–water partition coefficient (Wildman–Crippen LogP) is 5.07. The first kappa shape index (κ1) is 12.8. The van der Waals surface area contributed by atoms with Crippen LogP contribution in [-0.4, -0.2) is 0 Å². The first-order chi connectivity index (χ1) is 9.71. The lowest BCUT2D eigenvalue weighted by atomic mass is 9.52. The molecule has 4 aliphatic rings. The average Bonchev–Trinajstić information content (AvgIpc) is 2.88. The zero-order chi connectivity index (χ0) is 13.7. The summed E-state index contributed by atoms with van der Waals surface area (Å²) in [6, 6.07) is 0. The number of fused-ring (bicyclic) bond motifs is 5. The number of hydrogen-bond donors (Lipinski definition) is 0. The molecule has 2 heteroatoms. The standard InChI is InChI=1S/C18H25NO/c1-18-9-2-3-17(18)16-6-4-12-11-13(19-20)5-7-14(12)15(16)8-10-18/h5,7,11-12,14-17H,2-4,6,8-10H2,1H3/t12?,14?,15?,16?,17?,18-/m0/s1. The molecule has 0 aromatic heterocycles. The van der Waals surface area contributed by atoms with Crippen LogP contribution in [0.15, 0.2) is 29.1 Å². The molecule has 0 heterocycles. The van der Waals surface area contributed by atoms with E-state index in [9.17, 15) is 4.91 Å². The Labute approximate surface area is 121 Å². The van der Waals surface area contributed by atoms with Gasteiger partial charge in [-0.3, -0.25) is 0 Å². The van der Waals surface area contributed by atoms with E-state index in [1.807, 2.05) is 6.08 Å². The second kappa shape index (κ2) is 4.54. The van der Waals surface area contributed by atoms with Gasteiger partial charge in [-0.05, 0) is 84.8 Å². The zero-order valence-corrected chi connectivity index (χ0v) is 12.4. The van der Waals surface area contributed by atoms with Gasteiger partial charge in [-0.25, -0.2) is 0 Å². The third-order valence-corrected chi connectivity index (χ3v) is 7.08. The van der Waals surface area contributed by atoms with Gasteiger partial charge in [0.1, 0.15) is 5.70 Å². The highest BCUT2D eigenvalue weighted by molar-refractivity contribution is 5.26. The van der Waals surface area contributed by atoms with Crippen LogP contribution in [0.3, 0.4) is 0 Å². The van der Waals surface area contributed by atoms with Crippen molar-refractivity contribution in [2.45, 2.75) is 51.9 Å². The van der Waals surface area contributed by atoms with Gasteiger partial charge in [-0.1, -0.05) is 25.5 Å². The number of nitrogens with zero attached hydrogens (tertiary/aromatic N) is 1. The molecule has 0 spiro atoms. The molecule has 108 valence electrons. The van der Waals surface area contributed by atoms with Gasteiger partial charge in [0.2, 0.25) is 0 Å². The molecule has 0 aromatic rings. The van der Waals surface area contributed by atoms with Crippen molar-refractivity contribution in [1.29, 1.82) is 0 Å². The Morgan fingerprint density at radius 3 is 2.90 bits per heavy atom. The summed E-state index contributed by atoms with van der Waals surface area (Å²) in [5.41, 5.74) is 1.31. The van der Waals surface area contributed by atoms with E-state index in [1.165, 1.54) is 44.9 Å². The molecule has 0 aromatic carbocycles. The van der Waals surface area contributed by atoms with Gasteiger partial charge >= 0.3 is 0 Å². The van der Waals surface area contributed by atoms with Crippen LogP contribution in [0.2, 0.25) is 0 Å². The SMILES string of the molecule is C[C@@]12CCCC1C1CCC3C=C(N=O)C=CC3C1CC2. The highest BCUT2D eigenvalue weighted by atomic mass is 16.3. The molecular weight excluding hydrogens is 246 g/mol. The molecule has 3 saturated carbocycles. The first-order valence-electron chi connectivity index (χ1n) is 8.45. The van der Waals surface area contributed by atoms with E-state index in [2.05, 4.69) is 24.3 Å². The van der Waals surface area contributed by atoms with E-state index in [4.69, 9.17) is 0 Å². The summed E-state index contributed by atoms with van der Waals surface area (Å²) in [5, 5.41) is 3.13. The predicted molar refractivity (Wildman–Crippen MR) is 80.9 cm³/mol. The van der Waals surface area contributed by atoms with Crippen LogP contribution in [0.4, 0.5) is 0 Å². The molecule has 0 saturated heterocycles. The Hall–Kier alpha value is -0.920. The van der Waals surface area contributed by atoms with Gasteiger partial charge in [0.05, 0.1) is 0 Å². The maximum Gasteiger partial charge on any atom is 0.104 e. The minimum Gasteiger partial charge on any atom is -0.145 e. The number of nitroso groups, excluding NO2 is 1. The van der Waals surface area contributed by atoms with Crippen molar-refractivity contribution in [3.8, 4) is 0 Å². The van der Waals surface area contributed by atoms with Crippen LogP contribution in [-0.2, 0) is 0 Å². The second-order valence-electron chi connectivity index (χ2n) is 7.88. The molecule has 0 bridgehead atoms. The van der Waals surface area contributed by atoms with Crippen LogP contribution < -0.4 is 0 Å². The van der Waals surface area contributed by atoms with Crippen LogP contribution in [0, 0.1) is 39.9 Å². The normalized spacial score (nSPS) is 49.9. The summed E-state index contributed by atoms with van der Waals surface area (Å²) >= 11 is 0. The lowest BCUT2D eigenvalue weighted by Crippen LogP contribution is -2.45. The van der Waals surface area contributed by atoms with Crippen LogP contribution in [0.5, 0.6) is 0 Å². The van der Waals surface area contributed by atoms with Crippen molar-refractivity contribution in [3.63, 3.8) is 0 Å². The van der Waals surface area contributed by atoms with E-state index in [-0.39, 0.29) is 0 Å². The molecule has 0 N–H and O–H groups in total. The second-order valence-corrected chi connectivity index (χ2v) is 7.88. The van der Waals surface area contributed by atoms with Gasteiger partial charge < -0.3 is 0 Å². The van der Waals surface area contributed by atoms with Gasteiger partial charge in [0, 0.05) is 0 Å². The number of allylic oxidation sites excluding steroid dienone is 3. The summed E-state index contributed by atoms with van der Waals surface area (Å²) in [5.74, 6) is 4.06. The smallest absolute Gasteiger partial charge is 0.104 e. The van der Waals surface area contributed by atoms with Crippen LogP contribution >= 0.6 is 0 Å². The Kier molecular flexibility index (Phi) is 2.90. The minimum atomic E-state index is 0.583. The molecule has 5 unspecified atom stereocenters. The molecule has 0 amide bonds. The molecule has 4 rings (SSSR count). The molecule has 4 aliphatic carbocycles. The summed E-state index contributed by atoms with van der Waals surface area (Å²) in [4.78, 5) is 10.7. The third-order valence-electron chi connectivity index (χ3n) is 7.08. The molecule has 0 radical (unpaired) electrons. The van der Waals surface area contributed by atoms with Crippen molar-refractivity contribution < 1.29 is 0 Å². The van der Waals surface area contributed by atoms with Crippen molar-refractivity contribution in [1.82, 2.24) is 0 Å². The summed E-state index contributed by atoms with van der Waals surface area (Å²) in [6.45, 7) is 2.55.